The smallest absolute Gasteiger partial charge is 0.255 e. The van der Waals surface area contributed by atoms with E-state index in [9.17, 15) is 14.0 Å². The summed E-state index contributed by atoms with van der Waals surface area (Å²) >= 11 is 0. The molecule has 0 saturated carbocycles. The monoisotopic (exact) mass is 409 g/mol. The fraction of sp³-hybridized carbons (Fsp3) is 0.417. The second-order valence-corrected chi connectivity index (χ2v) is 8.50. The first-order valence-corrected chi connectivity index (χ1v) is 10.6. The van der Waals surface area contributed by atoms with Crippen LogP contribution in [0.5, 0.6) is 0 Å². The van der Waals surface area contributed by atoms with Crippen LogP contribution in [0.1, 0.15) is 36.2 Å². The van der Waals surface area contributed by atoms with Crippen LogP contribution in [0, 0.1) is 11.7 Å². The van der Waals surface area contributed by atoms with Gasteiger partial charge in [0.25, 0.3) is 5.91 Å². The number of piperazine rings is 1. The number of amides is 2. The Balaban J connectivity index is 1.47. The van der Waals surface area contributed by atoms with Crippen LogP contribution < -0.4 is 4.90 Å². The van der Waals surface area contributed by atoms with Gasteiger partial charge in [0.15, 0.2) is 0 Å². The average Bonchev–Trinajstić information content (AvgIpc) is 3.08. The summed E-state index contributed by atoms with van der Waals surface area (Å²) in [6.45, 7) is 6.83. The number of para-hydroxylation sites is 1. The molecular formula is C24H28FN3O2. The second-order valence-electron chi connectivity index (χ2n) is 8.50. The highest BCUT2D eigenvalue weighted by molar-refractivity contribution is 6.01. The molecule has 6 heteroatoms. The lowest BCUT2D eigenvalue weighted by Gasteiger charge is -2.39. The molecule has 0 aliphatic carbocycles. The summed E-state index contributed by atoms with van der Waals surface area (Å²) in [4.78, 5) is 32.0. The third-order valence-electron chi connectivity index (χ3n) is 5.99. The zero-order chi connectivity index (χ0) is 21.3. The molecule has 2 aromatic carbocycles. The first-order chi connectivity index (χ1) is 14.5. The first kappa shape index (κ1) is 20.4. The molecule has 0 N–H and O–H groups in total. The van der Waals surface area contributed by atoms with Crippen LogP contribution in [0.2, 0.25) is 0 Å². The van der Waals surface area contributed by atoms with Crippen LogP contribution in [-0.4, -0.2) is 53.8 Å². The van der Waals surface area contributed by atoms with Gasteiger partial charge in [0, 0.05) is 38.3 Å². The van der Waals surface area contributed by atoms with E-state index >= 15 is 0 Å². The van der Waals surface area contributed by atoms with Crippen LogP contribution >= 0.6 is 0 Å². The molecule has 1 saturated heterocycles. The minimum absolute atomic E-state index is 0.00182. The highest BCUT2D eigenvalue weighted by atomic mass is 19.1. The van der Waals surface area contributed by atoms with Crippen molar-refractivity contribution in [3.05, 3.63) is 65.5 Å². The third kappa shape index (κ3) is 3.91. The van der Waals surface area contributed by atoms with Gasteiger partial charge >= 0.3 is 0 Å². The molecule has 2 aromatic rings. The zero-order valence-electron chi connectivity index (χ0n) is 17.6. The van der Waals surface area contributed by atoms with E-state index in [0.717, 1.165) is 5.56 Å². The molecule has 0 spiro atoms. The molecule has 158 valence electrons. The molecular weight excluding hydrogens is 381 g/mol. The molecule has 0 aromatic heterocycles. The topological polar surface area (TPSA) is 43.9 Å². The van der Waals surface area contributed by atoms with Crippen LogP contribution in [0.15, 0.2) is 48.5 Å². The van der Waals surface area contributed by atoms with Crippen molar-refractivity contribution >= 4 is 17.5 Å². The highest BCUT2D eigenvalue weighted by Crippen LogP contribution is 2.28. The minimum Gasteiger partial charge on any atom is -0.366 e. The Morgan fingerprint density at radius 1 is 1.00 bits per heavy atom. The summed E-state index contributed by atoms with van der Waals surface area (Å²) in [5.41, 5.74) is 2.25. The van der Waals surface area contributed by atoms with Crippen molar-refractivity contribution in [2.75, 3.05) is 31.1 Å². The molecule has 4 rings (SSSR count). The quantitative estimate of drug-likeness (QED) is 0.759. The van der Waals surface area contributed by atoms with E-state index in [2.05, 4.69) is 13.8 Å². The van der Waals surface area contributed by atoms with Crippen molar-refractivity contribution in [2.45, 2.75) is 32.9 Å². The summed E-state index contributed by atoms with van der Waals surface area (Å²) in [6, 6.07) is 13.9. The molecule has 2 heterocycles. The first-order valence-electron chi connectivity index (χ1n) is 10.6. The van der Waals surface area contributed by atoms with Crippen molar-refractivity contribution in [2.24, 2.45) is 5.92 Å². The summed E-state index contributed by atoms with van der Waals surface area (Å²) in [6.07, 6.45) is 0.631. The van der Waals surface area contributed by atoms with E-state index in [-0.39, 0.29) is 23.5 Å². The Labute approximate surface area is 177 Å². The molecule has 1 unspecified atom stereocenters. The number of carbonyl (C=O) groups is 2. The van der Waals surface area contributed by atoms with Gasteiger partial charge in [0.2, 0.25) is 5.91 Å². The molecule has 2 aliphatic rings. The molecule has 0 radical (unpaired) electrons. The van der Waals surface area contributed by atoms with Crippen LogP contribution in [0.4, 0.5) is 10.1 Å². The van der Waals surface area contributed by atoms with Crippen molar-refractivity contribution in [1.29, 1.82) is 0 Å². The zero-order valence-corrected chi connectivity index (χ0v) is 17.6. The Bertz CT molecular complexity index is 938. The van der Waals surface area contributed by atoms with Crippen LogP contribution in [0.25, 0.3) is 0 Å². The normalized spacial score (nSPS) is 17.5. The van der Waals surface area contributed by atoms with Crippen LogP contribution in [-0.2, 0) is 11.3 Å². The number of anilines is 1. The van der Waals surface area contributed by atoms with E-state index < -0.39 is 6.04 Å². The fourth-order valence-corrected chi connectivity index (χ4v) is 4.42. The standard InChI is InChI=1S/C24H28FN3O2/c1-17(2)15-22(28-16-18-7-3-4-8-19(18)23(28)29)24(30)27-13-11-26(12-14-27)21-10-6-5-9-20(21)25/h3-10,17,22H,11-16H2,1-2H3. The SMILES string of the molecule is CC(C)CC(C(=O)N1CCN(c2ccccc2F)CC1)N1Cc2ccccc2C1=O. The Morgan fingerprint density at radius 2 is 1.67 bits per heavy atom. The van der Waals surface area contributed by atoms with E-state index in [1.807, 2.05) is 40.1 Å². The number of halogens is 1. The molecule has 1 fully saturated rings. The minimum atomic E-state index is -0.468. The Hall–Kier alpha value is -2.89. The number of hydrogen-bond donors (Lipinski definition) is 0. The summed E-state index contributed by atoms with van der Waals surface area (Å²) in [5, 5.41) is 0. The largest absolute Gasteiger partial charge is 0.366 e. The van der Waals surface area contributed by atoms with E-state index in [1.54, 1.807) is 17.0 Å². The van der Waals surface area contributed by atoms with Gasteiger partial charge in [-0.1, -0.05) is 44.2 Å². The van der Waals surface area contributed by atoms with Gasteiger partial charge in [0.05, 0.1) is 5.69 Å². The maximum Gasteiger partial charge on any atom is 0.255 e. The maximum atomic E-state index is 14.1. The average molecular weight is 410 g/mol. The predicted octanol–water partition coefficient (Wildman–Crippen LogP) is 3.55. The third-order valence-corrected chi connectivity index (χ3v) is 5.99. The summed E-state index contributed by atoms with van der Waals surface area (Å²) < 4.78 is 14.1. The van der Waals surface area contributed by atoms with Gasteiger partial charge in [-0.25, -0.2) is 4.39 Å². The summed E-state index contributed by atoms with van der Waals surface area (Å²) in [5.74, 6) is -0.0156. The fourth-order valence-electron chi connectivity index (χ4n) is 4.42. The molecule has 1 atom stereocenters. The number of rotatable bonds is 5. The second kappa shape index (κ2) is 8.46. The lowest BCUT2D eigenvalue weighted by molar-refractivity contribution is -0.137. The van der Waals surface area contributed by atoms with Gasteiger partial charge in [-0.2, -0.15) is 0 Å². The maximum absolute atomic E-state index is 14.1. The van der Waals surface area contributed by atoms with Gasteiger partial charge in [-0.05, 0) is 36.1 Å². The van der Waals surface area contributed by atoms with Gasteiger partial charge < -0.3 is 14.7 Å². The van der Waals surface area contributed by atoms with Crippen molar-refractivity contribution < 1.29 is 14.0 Å². The van der Waals surface area contributed by atoms with Crippen molar-refractivity contribution in [3.8, 4) is 0 Å². The highest BCUT2D eigenvalue weighted by Gasteiger charge is 2.39. The predicted molar refractivity (Wildman–Crippen MR) is 115 cm³/mol. The lowest BCUT2D eigenvalue weighted by Crippen LogP contribution is -2.55. The molecule has 5 nitrogen and oxygen atoms in total. The van der Waals surface area contributed by atoms with E-state index in [0.29, 0.717) is 50.4 Å². The Kier molecular flexibility index (Phi) is 5.75. The van der Waals surface area contributed by atoms with Gasteiger partial charge in [-0.3, -0.25) is 9.59 Å². The lowest BCUT2D eigenvalue weighted by atomic mass is 10.0. The summed E-state index contributed by atoms with van der Waals surface area (Å²) in [7, 11) is 0. The molecule has 2 aliphatic heterocycles. The van der Waals surface area contributed by atoms with Gasteiger partial charge in [0.1, 0.15) is 11.9 Å². The number of hydrogen-bond acceptors (Lipinski definition) is 3. The Morgan fingerprint density at radius 3 is 2.33 bits per heavy atom. The number of fused-ring (bicyclic) bond motifs is 1. The van der Waals surface area contributed by atoms with E-state index in [4.69, 9.17) is 0 Å². The van der Waals surface area contributed by atoms with Crippen molar-refractivity contribution in [3.63, 3.8) is 0 Å². The molecule has 30 heavy (non-hydrogen) atoms. The molecule has 0 bridgehead atoms. The van der Waals surface area contributed by atoms with E-state index in [1.165, 1.54) is 6.07 Å². The number of nitrogens with zero attached hydrogens (tertiary/aromatic N) is 3. The number of benzene rings is 2. The van der Waals surface area contributed by atoms with Crippen LogP contribution in [0.3, 0.4) is 0 Å². The number of carbonyl (C=O) groups excluding carboxylic acids is 2. The van der Waals surface area contributed by atoms with Crippen molar-refractivity contribution in [1.82, 2.24) is 9.80 Å². The molecule has 2 amide bonds. The van der Waals surface area contributed by atoms with Gasteiger partial charge in [-0.15, -0.1) is 0 Å².